The maximum absolute atomic E-state index is 12.6. The molecule has 0 aliphatic carbocycles. The third-order valence-corrected chi connectivity index (χ3v) is 5.10. The number of hydrogen-bond acceptors (Lipinski definition) is 7. The Hall–Kier alpha value is -4.11. The lowest BCUT2D eigenvalue weighted by Crippen LogP contribution is -2.34. The van der Waals surface area contributed by atoms with E-state index in [9.17, 15) is 9.90 Å². The SMILES string of the molecule is COc1ccc(C(=O)NC(=S)Nc2ccc(O)c(-c3nc4cc(C)ccc4o3)c2)cc1OC. The normalized spacial score (nSPS) is 10.6. The number of aryl methyl sites for hydroxylation is 1. The van der Waals surface area contributed by atoms with Gasteiger partial charge in [0.05, 0.1) is 19.8 Å². The second-order valence-corrected chi connectivity index (χ2v) is 7.61. The van der Waals surface area contributed by atoms with Crippen LogP contribution in [0.3, 0.4) is 0 Å². The number of aromatic hydroxyl groups is 1. The number of aromatic nitrogens is 1. The predicted molar refractivity (Wildman–Crippen MR) is 129 cm³/mol. The number of nitrogens with one attached hydrogen (secondary N) is 2. The van der Waals surface area contributed by atoms with Crippen molar-refractivity contribution in [1.29, 1.82) is 0 Å². The molecule has 4 aromatic rings. The Bertz CT molecular complexity index is 1370. The first-order valence-electron chi connectivity index (χ1n) is 9.93. The van der Waals surface area contributed by atoms with Gasteiger partial charge in [-0.3, -0.25) is 10.1 Å². The van der Waals surface area contributed by atoms with Crippen LogP contribution in [0, 0.1) is 6.92 Å². The molecular weight excluding hydrogens is 442 g/mol. The van der Waals surface area contributed by atoms with E-state index in [1.54, 1.807) is 30.3 Å². The highest BCUT2D eigenvalue weighted by Crippen LogP contribution is 2.33. The molecule has 3 aromatic carbocycles. The minimum atomic E-state index is -0.415. The van der Waals surface area contributed by atoms with Crippen LogP contribution in [0.1, 0.15) is 15.9 Å². The van der Waals surface area contributed by atoms with Crippen molar-refractivity contribution in [2.45, 2.75) is 6.92 Å². The topological polar surface area (TPSA) is 106 Å². The number of hydrogen-bond donors (Lipinski definition) is 3. The van der Waals surface area contributed by atoms with Crippen molar-refractivity contribution in [3.63, 3.8) is 0 Å². The number of phenolic OH excluding ortho intramolecular Hbond substituents is 1. The van der Waals surface area contributed by atoms with E-state index in [1.165, 1.54) is 20.3 Å². The van der Waals surface area contributed by atoms with E-state index in [1.807, 2.05) is 25.1 Å². The number of nitrogens with zero attached hydrogens (tertiary/aromatic N) is 1. The molecule has 0 spiro atoms. The van der Waals surface area contributed by atoms with Crippen LogP contribution in [0.4, 0.5) is 5.69 Å². The molecule has 0 aliphatic heterocycles. The number of oxazole rings is 1. The summed E-state index contributed by atoms with van der Waals surface area (Å²) in [5.74, 6) is 0.810. The quantitative estimate of drug-likeness (QED) is 0.290. The van der Waals surface area contributed by atoms with Gasteiger partial charge in [0.2, 0.25) is 5.89 Å². The summed E-state index contributed by atoms with van der Waals surface area (Å²) in [6.45, 7) is 1.97. The van der Waals surface area contributed by atoms with Gasteiger partial charge in [-0.1, -0.05) is 6.07 Å². The number of carbonyl (C=O) groups is 1. The number of anilines is 1. The summed E-state index contributed by atoms with van der Waals surface area (Å²) < 4.78 is 16.2. The van der Waals surface area contributed by atoms with Gasteiger partial charge in [0.25, 0.3) is 5.91 Å². The molecule has 0 saturated carbocycles. The average Bonchev–Trinajstić information content (AvgIpc) is 3.22. The van der Waals surface area contributed by atoms with E-state index in [2.05, 4.69) is 15.6 Å². The zero-order valence-electron chi connectivity index (χ0n) is 18.1. The smallest absolute Gasteiger partial charge is 0.257 e. The molecule has 0 atom stereocenters. The molecule has 1 aromatic heterocycles. The summed E-state index contributed by atoms with van der Waals surface area (Å²) in [6, 6.07) is 15.2. The average molecular weight is 464 g/mol. The first-order valence-corrected chi connectivity index (χ1v) is 10.3. The van der Waals surface area contributed by atoms with Crippen LogP contribution in [0.5, 0.6) is 17.2 Å². The monoisotopic (exact) mass is 463 g/mol. The molecule has 9 heteroatoms. The first kappa shape index (κ1) is 22.1. The zero-order chi connectivity index (χ0) is 23.5. The molecule has 0 aliphatic rings. The van der Waals surface area contributed by atoms with Crippen LogP contribution in [0.25, 0.3) is 22.6 Å². The van der Waals surface area contributed by atoms with Gasteiger partial charge in [-0.2, -0.15) is 0 Å². The molecule has 0 unspecified atom stereocenters. The molecule has 168 valence electrons. The minimum Gasteiger partial charge on any atom is -0.507 e. The first-order chi connectivity index (χ1) is 15.9. The van der Waals surface area contributed by atoms with E-state index in [0.29, 0.717) is 39.4 Å². The molecule has 0 bridgehead atoms. The fourth-order valence-electron chi connectivity index (χ4n) is 3.25. The number of fused-ring (bicyclic) bond motifs is 1. The molecule has 1 amide bonds. The number of carbonyl (C=O) groups excluding carboxylic acids is 1. The third kappa shape index (κ3) is 4.73. The Morgan fingerprint density at radius 1 is 1.03 bits per heavy atom. The summed E-state index contributed by atoms with van der Waals surface area (Å²) in [5.41, 5.74) is 3.65. The zero-order valence-corrected chi connectivity index (χ0v) is 18.9. The van der Waals surface area contributed by atoms with Gasteiger partial charge >= 0.3 is 0 Å². The molecule has 0 fully saturated rings. The Labute approximate surface area is 195 Å². The Kier molecular flexibility index (Phi) is 6.14. The van der Waals surface area contributed by atoms with Gasteiger partial charge in [-0.25, -0.2) is 4.98 Å². The van der Waals surface area contributed by atoms with Crippen molar-refractivity contribution < 1.29 is 23.8 Å². The Morgan fingerprint density at radius 3 is 2.58 bits per heavy atom. The summed E-state index contributed by atoms with van der Waals surface area (Å²) in [4.78, 5) is 17.0. The standard InChI is InChI=1S/C24H21N3O5S/c1-13-4-8-19-17(10-13)26-23(32-19)16-12-15(6-7-18(16)28)25-24(33)27-22(29)14-5-9-20(30-2)21(11-14)31-3/h4-12,28H,1-3H3,(H2,25,27,29,33). The van der Waals surface area contributed by atoms with E-state index >= 15 is 0 Å². The fourth-order valence-corrected chi connectivity index (χ4v) is 3.46. The van der Waals surface area contributed by atoms with Crippen LogP contribution in [-0.4, -0.2) is 35.3 Å². The van der Waals surface area contributed by atoms with Crippen molar-refractivity contribution in [2.24, 2.45) is 0 Å². The van der Waals surface area contributed by atoms with E-state index in [0.717, 1.165) is 5.56 Å². The van der Waals surface area contributed by atoms with E-state index < -0.39 is 5.91 Å². The Balaban J connectivity index is 1.51. The summed E-state index contributed by atoms with van der Waals surface area (Å²) in [5, 5.41) is 16.0. The van der Waals surface area contributed by atoms with Crippen molar-refractivity contribution in [2.75, 3.05) is 19.5 Å². The number of rotatable bonds is 5. The molecule has 8 nitrogen and oxygen atoms in total. The second-order valence-electron chi connectivity index (χ2n) is 7.20. The number of ether oxygens (including phenoxy) is 2. The van der Waals surface area contributed by atoms with Gasteiger partial charge in [0, 0.05) is 11.3 Å². The van der Waals surface area contributed by atoms with Crippen LogP contribution in [-0.2, 0) is 0 Å². The molecule has 0 radical (unpaired) electrons. The van der Waals surface area contributed by atoms with Crippen molar-refractivity contribution in [3.05, 3.63) is 65.7 Å². The predicted octanol–water partition coefficient (Wildman–Crippen LogP) is 4.65. The third-order valence-electron chi connectivity index (χ3n) is 4.90. The van der Waals surface area contributed by atoms with Crippen LogP contribution < -0.4 is 20.1 Å². The number of benzene rings is 3. The molecule has 1 heterocycles. The Morgan fingerprint density at radius 2 is 1.82 bits per heavy atom. The lowest BCUT2D eigenvalue weighted by atomic mass is 10.1. The lowest BCUT2D eigenvalue weighted by Gasteiger charge is -2.12. The van der Waals surface area contributed by atoms with Crippen molar-refractivity contribution in [3.8, 4) is 28.7 Å². The van der Waals surface area contributed by atoms with Crippen LogP contribution in [0.15, 0.2) is 59.0 Å². The molecular formula is C24H21N3O5S. The largest absolute Gasteiger partial charge is 0.507 e. The maximum Gasteiger partial charge on any atom is 0.257 e. The summed E-state index contributed by atoms with van der Waals surface area (Å²) in [6.07, 6.45) is 0. The number of methoxy groups -OCH3 is 2. The van der Waals surface area contributed by atoms with Crippen molar-refractivity contribution in [1.82, 2.24) is 10.3 Å². The number of amides is 1. The van der Waals surface area contributed by atoms with E-state index in [4.69, 9.17) is 26.1 Å². The highest BCUT2D eigenvalue weighted by molar-refractivity contribution is 7.80. The molecule has 33 heavy (non-hydrogen) atoms. The fraction of sp³-hybridized carbons (Fsp3) is 0.125. The van der Waals surface area contributed by atoms with Gasteiger partial charge in [0.1, 0.15) is 11.3 Å². The highest BCUT2D eigenvalue weighted by atomic mass is 32.1. The summed E-state index contributed by atoms with van der Waals surface area (Å²) in [7, 11) is 3.01. The molecule has 4 rings (SSSR count). The lowest BCUT2D eigenvalue weighted by molar-refractivity contribution is 0.0977. The molecule has 0 saturated heterocycles. The molecule has 3 N–H and O–H groups in total. The van der Waals surface area contributed by atoms with Crippen LogP contribution >= 0.6 is 12.2 Å². The second kappa shape index (κ2) is 9.17. The number of thiocarbonyl (C=S) groups is 1. The highest BCUT2D eigenvalue weighted by Gasteiger charge is 2.15. The maximum atomic E-state index is 12.6. The van der Waals surface area contributed by atoms with Gasteiger partial charge in [0.15, 0.2) is 22.2 Å². The minimum absolute atomic E-state index is 0.00381. The van der Waals surface area contributed by atoms with E-state index in [-0.39, 0.29) is 16.8 Å². The van der Waals surface area contributed by atoms with Crippen molar-refractivity contribution >= 4 is 40.0 Å². The number of phenols is 1. The van der Waals surface area contributed by atoms with Crippen LogP contribution in [0.2, 0.25) is 0 Å². The summed E-state index contributed by atoms with van der Waals surface area (Å²) >= 11 is 5.28. The van der Waals surface area contributed by atoms with Gasteiger partial charge in [-0.05, 0) is 73.2 Å². The van der Waals surface area contributed by atoms with Gasteiger partial charge < -0.3 is 24.3 Å². The van der Waals surface area contributed by atoms with Gasteiger partial charge in [-0.15, -0.1) is 0 Å².